The average Bonchev–Trinajstić information content (AvgIpc) is 3.48. The third-order valence-electron chi connectivity index (χ3n) is 6.26. The lowest BCUT2D eigenvalue weighted by atomic mass is 9.95. The number of hydrogen-bond acceptors (Lipinski definition) is 4. The molecular weight excluding hydrogens is 446 g/mol. The number of nitrogens with zero attached hydrogens (tertiary/aromatic N) is 1. The van der Waals surface area contributed by atoms with Crippen LogP contribution < -0.4 is 10.6 Å². The first-order valence-electron chi connectivity index (χ1n) is 11.8. The Morgan fingerprint density at radius 3 is 2.62 bits per heavy atom. The van der Waals surface area contributed by atoms with E-state index in [0.29, 0.717) is 28.4 Å². The van der Waals surface area contributed by atoms with Crippen molar-refractivity contribution < 1.29 is 14.0 Å². The van der Waals surface area contributed by atoms with E-state index in [9.17, 15) is 9.59 Å². The number of aryl methyl sites for hydroxylation is 2. The van der Waals surface area contributed by atoms with Crippen molar-refractivity contribution in [2.24, 2.45) is 0 Å². The number of amides is 2. The highest BCUT2D eigenvalue weighted by molar-refractivity contribution is 7.17. The SMILES string of the molecule is Cc1ccc(Cn2c(C(=O)Nc3sc4c(c3C(=O)NC(C)C)CCCC4)cc3occc32)cc1. The number of carbonyl (C=O) groups is 2. The molecule has 4 aromatic rings. The summed E-state index contributed by atoms with van der Waals surface area (Å²) < 4.78 is 7.58. The molecule has 6 nitrogen and oxygen atoms in total. The minimum absolute atomic E-state index is 0.0221. The first-order valence-corrected chi connectivity index (χ1v) is 12.6. The zero-order valence-electron chi connectivity index (χ0n) is 19.7. The van der Waals surface area contributed by atoms with Crippen molar-refractivity contribution in [1.29, 1.82) is 0 Å². The lowest BCUT2D eigenvalue weighted by Gasteiger charge is -2.15. The van der Waals surface area contributed by atoms with Gasteiger partial charge in [-0.2, -0.15) is 0 Å². The van der Waals surface area contributed by atoms with Gasteiger partial charge in [-0.15, -0.1) is 11.3 Å². The van der Waals surface area contributed by atoms with Gasteiger partial charge in [-0.25, -0.2) is 0 Å². The van der Waals surface area contributed by atoms with Gasteiger partial charge in [0.1, 0.15) is 10.7 Å². The summed E-state index contributed by atoms with van der Waals surface area (Å²) in [6, 6.07) is 12.0. The molecule has 0 spiro atoms. The third-order valence-corrected chi connectivity index (χ3v) is 7.47. The van der Waals surface area contributed by atoms with E-state index >= 15 is 0 Å². The number of carbonyl (C=O) groups excluding carboxylic acids is 2. The molecule has 0 fully saturated rings. The van der Waals surface area contributed by atoms with Crippen molar-refractivity contribution in [3.05, 3.63) is 75.5 Å². The highest BCUT2D eigenvalue weighted by atomic mass is 32.1. The molecule has 1 aliphatic carbocycles. The van der Waals surface area contributed by atoms with Crippen molar-refractivity contribution in [3.63, 3.8) is 0 Å². The van der Waals surface area contributed by atoms with Crippen LogP contribution in [-0.2, 0) is 19.4 Å². The molecule has 0 bridgehead atoms. The molecule has 0 saturated heterocycles. The molecule has 3 heterocycles. The second-order valence-electron chi connectivity index (χ2n) is 9.27. The van der Waals surface area contributed by atoms with Crippen LogP contribution >= 0.6 is 11.3 Å². The molecule has 0 aliphatic heterocycles. The molecular formula is C27H29N3O3S. The minimum Gasteiger partial charge on any atom is -0.463 e. The van der Waals surface area contributed by atoms with Gasteiger partial charge in [0.2, 0.25) is 0 Å². The van der Waals surface area contributed by atoms with Crippen LogP contribution in [0.15, 0.2) is 47.1 Å². The lowest BCUT2D eigenvalue weighted by molar-refractivity contribution is 0.0943. The van der Waals surface area contributed by atoms with Crippen LogP contribution in [0.5, 0.6) is 0 Å². The lowest BCUT2D eigenvalue weighted by Crippen LogP contribution is -2.31. The van der Waals surface area contributed by atoms with Crippen LogP contribution in [-0.4, -0.2) is 22.4 Å². The van der Waals surface area contributed by atoms with Crippen LogP contribution in [0.4, 0.5) is 5.00 Å². The number of aromatic nitrogens is 1. The first-order chi connectivity index (χ1) is 16.4. The standard InChI is InChI=1S/C27H29N3O3S/c1-16(2)28-26(32)24-19-6-4-5-7-23(19)34-27(24)29-25(31)21-14-22-20(12-13-33-22)30(21)15-18-10-8-17(3)9-11-18/h8-14,16H,4-7,15H2,1-3H3,(H,28,32)(H,29,31). The Morgan fingerprint density at radius 2 is 1.85 bits per heavy atom. The maximum absolute atomic E-state index is 13.6. The Kier molecular flexibility index (Phi) is 6.04. The highest BCUT2D eigenvalue weighted by Gasteiger charge is 2.28. The van der Waals surface area contributed by atoms with Crippen LogP contribution in [0.1, 0.15) is 69.1 Å². The number of anilines is 1. The summed E-state index contributed by atoms with van der Waals surface area (Å²) in [6.07, 6.45) is 5.64. The van der Waals surface area contributed by atoms with E-state index in [1.54, 1.807) is 12.3 Å². The molecule has 2 amide bonds. The van der Waals surface area contributed by atoms with Crippen LogP contribution in [0.3, 0.4) is 0 Å². The Labute approximate surface area is 203 Å². The van der Waals surface area contributed by atoms with E-state index < -0.39 is 0 Å². The minimum atomic E-state index is -0.240. The molecule has 0 saturated carbocycles. The molecule has 1 aromatic carbocycles. The van der Waals surface area contributed by atoms with Crippen LogP contribution in [0, 0.1) is 6.92 Å². The quantitative estimate of drug-likeness (QED) is 0.363. The smallest absolute Gasteiger partial charge is 0.273 e. The zero-order chi connectivity index (χ0) is 23.8. The Morgan fingerprint density at radius 1 is 1.09 bits per heavy atom. The Bertz CT molecular complexity index is 1360. The molecule has 0 radical (unpaired) electrons. The van der Waals surface area contributed by atoms with E-state index in [1.165, 1.54) is 21.8 Å². The molecule has 2 N–H and O–H groups in total. The normalized spacial score (nSPS) is 13.3. The van der Waals surface area contributed by atoms with E-state index in [-0.39, 0.29) is 17.9 Å². The molecule has 0 unspecified atom stereocenters. The van der Waals surface area contributed by atoms with E-state index in [1.807, 2.05) is 24.5 Å². The number of thiophene rings is 1. The summed E-state index contributed by atoms with van der Waals surface area (Å²) in [5, 5.41) is 6.73. The van der Waals surface area contributed by atoms with Crippen molar-refractivity contribution in [2.45, 2.75) is 59.0 Å². The van der Waals surface area contributed by atoms with Gasteiger partial charge < -0.3 is 19.6 Å². The van der Waals surface area contributed by atoms with Gasteiger partial charge in [-0.3, -0.25) is 9.59 Å². The average molecular weight is 476 g/mol. The number of fused-ring (bicyclic) bond motifs is 2. The number of hydrogen-bond donors (Lipinski definition) is 2. The summed E-state index contributed by atoms with van der Waals surface area (Å²) in [4.78, 5) is 27.9. The van der Waals surface area contributed by atoms with Crippen molar-refractivity contribution in [2.75, 3.05) is 5.32 Å². The summed E-state index contributed by atoms with van der Waals surface area (Å²) in [5.41, 5.74) is 6.06. The summed E-state index contributed by atoms with van der Waals surface area (Å²) >= 11 is 1.54. The van der Waals surface area contributed by atoms with Gasteiger partial charge in [0, 0.05) is 29.6 Å². The third kappa shape index (κ3) is 4.28. The number of furan rings is 1. The van der Waals surface area contributed by atoms with Gasteiger partial charge in [-0.1, -0.05) is 29.8 Å². The fourth-order valence-corrected chi connectivity index (χ4v) is 5.89. The number of rotatable bonds is 6. The van der Waals surface area contributed by atoms with E-state index in [4.69, 9.17) is 4.42 Å². The second-order valence-corrected chi connectivity index (χ2v) is 10.4. The van der Waals surface area contributed by atoms with E-state index in [0.717, 1.165) is 42.3 Å². The van der Waals surface area contributed by atoms with Crippen LogP contribution in [0.25, 0.3) is 11.1 Å². The van der Waals surface area contributed by atoms with Gasteiger partial charge in [0.05, 0.1) is 17.3 Å². The van der Waals surface area contributed by atoms with Crippen molar-refractivity contribution in [1.82, 2.24) is 9.88 Å². The van der Waals surface area contributed by atoms with Gasteiger partial charge in [0.15, 0.2) is 5.58 Å². The maximum Gasteiger partial charge on any atom is 0.273 e. The highest BCUT2D eigenvalue weighted by Crippen LogP contribution is 2.38. The van der Waals surface area contributed by atoms with Gasteiger partial charge in [-0.05, 0) is 57.6 Å². The molecule has 1 aliphatic rings. The molecule has 34 heavy (non-hydrogen) atoms. The molecule has 3 aromatic heterocycles. The molecule has 0 atom stereocenters. The summed E-state index contributed by atoms with van der Waals surface area (Å²) in [5.74, 6) is -0.357. The predicted octanol–water partition coefficient (Wildman–Crippen LogP) is 5.92. The zero-order valence-corrected chi connectivity index (χ0v) is 20.6. The number of nitrogens with one attached hydrogen (secondary N) is 2. The molecule has 176 valence electrons. The number of benzene rings is 1. The maximum atomic E-state index is 13.6. The summed E-state index contributed by atoms with van der Waals surface area (Å²) in [7, 11) is 0. The Hall–Kier alpha value is -3.32. The first kappa shape index (κ1) is 22.5. The second kappa shape index (κ2) is 9.14. The van der Waals surface area contributed by atoms with Crippen molar-refractivity contribution in [3.8, 4) is 0 Å². The molecule has 7 heteroatoms. The van der Waals surface area contributed by atoms with Gasteiger partial charge >= 0.3 is 0 Å². The molecule has 5 rings (SSSR count). The fraction of sp³-hybridized carbons (Fsp3) is 0.333. The predicted molar refractivity (Wildman–Crippen MR) is 136 cm³/mol. The van der Waals surface area contributed by atoms with Gasteiger partial charge in [0.25, 0.3) is 11.8 Å². The van der Waals surface area contributed by atoms with E-state index in [2.05, 4.69) is 41.8 Å². The van der Waals surface area contributed by atoms with Crippen molar-refractivity contribution >= 4 is 39.3 Å². The monoisotopic (exact) mass is 475 g/mol. The fourth-order valence-electron chi connectivity index (χ4n) is 4.61. The Balaban J connectivity index is 1.50. The summed E-state index contributed by atoms with van der Waals surface area (Å²) in [6.45, 7) is 6.50. The largest absolute Gasteiger partial charge is 0.463 e. The topological polar surface area (TPSA) is 76.3 Å². The van der Waals surface area contributed by atoms with Crippen LogP contribution in [0.2, 0.25) is 0 Å².